The number of aromatic nitrogens is 1. The smallest absolute Gasteiger partial charge is 0.215 e. The first-order valence-electron chi connectivity index (χ1n) is 11.5. The number of phenolic OH excluding ortho intramolecular Hbond substituents is 1. The van der Waals surface area contributed by atoms with E-state index in [2.05, 4.69) is 39.9 Å². The Kier molecular flexibility index (Phi) is 6.58. The lowest BCUT2D eigenvalue weighted by Crippen LogP contribution is -2.53. The van der Waals surface area contributed by atoms with Gasteiger partial charge in [-0.25, -0.2) is 4.98 Å². The van der Waals surface area contributed by atoms with Crippen molar-refractivity contribution in [1.29, 1.82) is 0 Å². The molecule has 3 heterocycles. The number of anilines is 1. The molecule has 32 heavy (non-hydrogen) atoms. The highest BCUT2D eigenvalue weighted by atomic mass is 16.5. The lowest BCUT2D eigenvalue weighted by Gasteiger charge is -2.44. The van der Waals surface area contributed by atoms with Gasteiger partial charge in [0, 0.05) is 54.4 Å². The molecule has 4 rings (SSSR count). The van der Waals surface area contributed by atoms with E-state index < -0.39 is 0 Å². The molecule has 1 aromatic carbocycles. The Hall–Kier alpha value is -3.15. The van der Waals surface area contributed by atoms with Crippen LogP contribution in [0.2, 0.25) is 0 Å². The standard InChI is InChI=1S/C26H34N4O2/c1-4-13-32-26-15-20(11-12-28-26)30-21-9-10-22(30)17-29(16-21)24(19(3)27)14-18(2)23-7-5-6-8-25(23)31/h5-8,11-12,14-15,21-22,31H,4,9-10,13,16-17,27H2,1-3H3/b18-14+,24-19-. The number of benzene rings is 1. The van der Waals surface area contributed by atoms with Gasteiger partial charge in [-0.1, -0.05) is 25.1 Å². The van der Waals surface area contributed by atoms with Crippen molar-refractivity contribution >= 4 is 11.3 Å². The van der Waals surface area contributed by atoms with Crippen molar-refractivity contribution in [3.05, 3.63) is 65.6 Å². The summed E-state index contributed by atoms with van der Waals surface area (Å²) in [5.41, 5.74) is 11.2. The maximum absolute atomic E-state index is 10.3. The van der Waals surface area contributed by atoms with Gasteiger partial charge in [0.1, 0.15) is 5.75 Å². The molecule has 2 aliphatic rings. The van der Waals surface area contributed by atoms with E-state index in [1.807, 2.05) is 38.2 Å². The van der Waals surface area contributed by atoms with Gasteiger partial charge in [0.15, 0.2) is 0 Å². The third-order valence-electron chi connectivity index (χ3n) is 6.38. The number of ether oxygens (including phenoxy) is 1. The summed E-state index contributed by atoms with van der Waals surface area (Å²) in [4.78, 5) is 9.32. The normalized spacial score (nSPS) is 21.5. The maximum atomic E-state index is 10.3. The minimum absolute atomic E-state index is 0.291. The number of piperazine rings is 1. The number of allylic oxidation sites excluding steroid dienone is 3. The van der Waals surface area contributed by atoms with Crippen molar-refractivity contribution in [2.45, 2.75) is 52.1 Å². The number of likely N-dealkylation sites (tertiary alicyclic amines) is 1. The Morgan fingerprint density at radius 1 is 1.19 bits per heavy atom. The fourth-order valence-electron chi connectivity index (χ4n) is 4.91. The van der Waals surface area contributed by atoms with E-state index in [-0.39, 0.29) is 0 Å². The molecule has 6 heteroatoms. The highest BCUT2D eigenvalue weighted by Gasteiger charge is 2.40. The molecule has 2 fully saturated rings. The van der Waals surface area contributed by atoms with Gasteiger partial charge < -0.3 is 25.4 Å². The number of nitrogens with zero attached hydrogens (tertiary/aromatic N) is 3. The number of rotatable bonds is 7. The monoisotopic (exact) mass is 434 g/mol. The van der Waals surface area contributed by atoms with Gasteiger partial charge in [-0.05, 0) is 56.9 Å². The summed E-state index contributed by atoms with van der Waals surface area (Å²) in [5.74, 6) is 0.991. The number of fused-ring (bicyclic) bond motifs is 2. The Labute approximate surface area is 191 Å². The fourth-order valence-corrected chi connectivity index (χ4v) is 4.91. The van der Waals surface area contributed by atoms with E-state index in [1.165, 1.54) is 5.69 Å². The molecule has 6 nitrogen and oxygen atoms in total. The molecule has 3 N–H and O–H groups in total. The van der Waals surface area contributed by atoms with Crippen LogP contribution in [0.3, 0.4) is 0 Å². The second kappa shape index (κ2) is 9.55. The Morgan fingerprint density at radius 2 is 1.91 bits per heavy atom. The molecule has 1 aromatic heterocycles. The molecule has 170 valence electrons. The second-order valence-electron chi connectivity index (χ2n) is 8.81. The lowest BCUT2D eigenvalue weighted by atomic mass is 10.0. The average molecular weight is 435 g/mol. The van der Waals surface area contributed by atoms with Crippen molar-refractivity contribution in [3.8, 4) is 11.6 Å². The first-order chi connectivity index (χ1) is 15.5. The van der Waals surface area contributed by atoms with Crippen LogP contribution in [-0.2, 0) is 0 Å². The highest BCUT2D eigenvalue weighted by molar-refractivity contribution is 5.71. The van der Waals surface area contributed by atoms with E-state index in [4.69, 9.17) is 10.5 Å². The van der Waals surface area contributed by atoms with Crippen molar-refractivity contribution in [3.63, 3.8) is 0 Å². The molecule has 0 spiro atoms. The molecule has 2 aliphatic heterocycles. The van der Waals surface area contributed by atoms with Crippen LogP contribution in [-0.4, -0.2) is 46.8 Å². The van der Waals surface area contributed by atoms with Gasteiger partial charge in [-0.2, -0.15) is 0 Å². The summed E-state index contributed by atoms with van der Waals surface area (Å²) in [5, 5.41) is 10.3. The quantitative estimate of drug-likeness (QED) is 0.624. The van der Waals surface area contributed by atoms with E-state index in [9.17, 15) is 5.11 Å². The van der Waals surface area contributed by atoms with E-state index in [0.717, 1.165) is 54.9 Å². The summed E-state index contributed by atoms with van der Waals surface area (Å²) in [6.45, 7) is 8.60. The lowest BCUT2D eigenvalue weighted by molar-refractivity contribution is 0.276. The summed E-state index contributed by atoms with van der Waals surface area (Å²) in [7, 11) is 0. The van der Waals surface area contributed by atoms with E-state index in [0.29, 0.717) is 30.3 Å². The van der Waals surface area contributed by atoms with Gasteiger partial charge in [0.05, 0.1) is 12.3 Å². The molecule has 2 unspecified atom stereocenters. The maximum Gasteiger partial charge on any atom is 0.215 e. The Bertz CT molecular complexity index is 998. The number of hydrogen-bond donors (Lipinski definition) is 2. The number of hydrogen-bond acceptors (Lipinski definition) is 6. The SMILES string of the molecule is CCCOc1cc(N2C3CCC2CN(C(/C=C(\C)c2ccccc2O)=C(/C)N)C3)ccn1. The minimum atomic E-state index is 0.291. The molecule has 2 aromatic rings. The van der Waals surface area contributed by atoms with Gasteiger partial charge >= 0.3 is 0 Å². The largest absolute Gasteiger partial charge is 0.507 e. The third-order valence-corrected chi connectivity index (χ3v) is 6.38. The van der Waals surface area contributed by atoms with Crippen molar-refractivity contribution in [2.24, 2.45) is 5.73 Å². The third kappa shape index (κ3) is 4.54. The van der Waals surface area contributed by atoms with Crippen molar-refractivity contribution < 1.29 is 9.84 Å². The molecule has 0 aliphatic carbocycles. The zero-order valence-electron chi connectivity index (χ0n) is 19.3. The van der Waals surface area contributed by atoms with Crippen LogP contribution >= 0.6 is 0 Å². The Morgan fingerprint density at radius 3 is 2.56 bits per heavy atom. The van der Waals surface area contributed by atoms with Crippen LogP contribution in [0.25, 0.3) is 5.57 Å². The molecular weight excluding hydrogens is 400 g/mol. The molecule has 2 bridgehead atoms. The number of phenols is 1. The minimum Gasteiger partial charge on any atom is -0.507 e. The summed E-state index contributed by atoms with van der Waals surface area (Å²) in [6.07, 6.45) is 7.25. The highest BCUT2D eigenvalue weighted by Crippen LogP contribution is 2.37. The first-order valence-corrected chi connectivity index (χ1v) is 11.5. The number of nitrogens with two attached hydrogens (primary N) is 1. The van der Waals surface area contributed by atoms with Gasteiger partial charge in [0.2, 0.25) is 5.88 Å². The van der Waals surface area contributed by atoms with Crippen LogP contribution in [0.5, 0.6) is 11.6 Å². The average Bonchev–Trinajstić information content (AvgIpc) is 3.05. The molecule has 0 amide bonds. The van der Waals surface area contributed by atoms with Crippen LogP contribution in [0, 0.1) is 0 Å². The van der Waals surface area contributed by atoms with Crippen LogP contribution in [0.4, 0.5) is 5.69 Å². The van der Waals surface area contributed by atoms with Crippen LogP contribution in [0.1, 0.15) is 45.6 Å². The molecule has 2 saturated heterocycles. The molecule has 0 saturated carbocycles. The summed E-state index contributed by atoms with van der Waals surface area (Å²) in [6, 6.07) is 12.4. The van der Waals surface area contributed by atoms with Crippen molar-refractivity contribution in [2.75, 3.05) is 24.6 Å². The first kappa shape index (κ1) is 22.1. The van der Waals surface area contributed by atoms with Crippen LogP contribution in [0.15, 0.2) is 60.1 Å². The van der Waals surface area contributed by atoms with Crippen molar-refractivity contribution in [1.82, 2.24) is 9.88 Å². The predicted octanol–water partition coefficient (Wildman–Crippen LogP) is 4.52. The van der Waals surface area contributed by atoms with Crippen LogP contribution < -0.4 is 15.4 Å². The zero-order valence-corrected chi connectivity index (χ0v) is 19.3. The molecule has 0 radical (unpaired) electrons. The molecule has 2 atom stereocenters. The van der Waals surface area contributed by atoms with Gasteiger partial charge in [-0.15, -0.1) is 0 Å². The van der Waals surface area contributed by atoms with Gasteiger partial charge in [-0.3, -0.25) is 0 Å². The predicted molar refractivity (Wildman–Crippen MR) is 130 cm³/mol. The number of para-hydroxylation sites is 1. The molecular formula is C26H34N4O2. The summed E-state index contributed by atoms with van der Waals surface area (Å²) < 4.78 is 5.76. The van der Waals surface area contributed by atoms with E-state index >= 15 is 0 Å². The second-order valence-corrected chi connectivity index (χ2v) is 8.81. The van der Waals surface area contributed by atoms with Gasteiger partial charge in [0.25, 0.3) is 0 Å². The zero-order chi connectivity index (χ0) is 22.7. The topological polar surface area (TPSA) is 74.8 Å². The number of aromatic hydroxyl groups is 1. The Balaban J connectivity index is 1.55. The fraction of sp³-hybridized carbons (Fsp3) is 0.423. The van der Waals surface area contributed by atoms with E-state index in [1.54, 1.807) is 6.07 Å². The summed E-state index contributed by atoms with van der Waals surface area (Å²) >= 11 is 0. The number of pyridine rings is 1.